The number of thiazole rings is 1. The van der Waals surface area contributed by atoms with Gasteiger partial charge in [-0.1, -0.05) is 23.7 Å². The zero-order valence-electron chi connectivity index (χ0n) is 19.7. The van der Waals surface area contributed by atoms with Crippen LogP contribution in [0.3, 0.4) is 0 Å². The molecule has 0 bridgehead atoms. The van der Waals surface area contributed by atoms with Gasteiger partial charge >= 0.3 is 5.97 Å². The monoisotopic (exact) mass is 569 g/mol. The van der Waals surface area contributed by atoms with E-state index in [0.29, 0.717) is 50.8 Å². The van der Waals surface area contributed by atoms with Crippen LogP contribution in [-0.2, 0) is 4.79 Å². The van der Waals surface area contributed by atoms with E-state index in [1.165, 1.54) is 17.5 Å². The first-order valence-corrected chi connectivity index (χ1v) is 14.9. The quantitative estimate of drug-likeness (QED) is 0.314. The SMILES string of the molecule is O=C(O)[C@@H]1CCC(F)(F)C[C@H]1c1nc(-c2cncc(Cl)c2)sc1-c1ccc(N2CCS(O)(O)CC2)cc1. The summed E-state index contributed by atoms with van der Waals surface area (Å²) in [6.45, 7) is 1.05. The summed E-state index contributed by atoms with van der Waals surface area (Å²) in [4.78, 5) is 23.6. The van der Waals surface area contributed by atoms with Crippen LogP contribution in [-0.4, -0.2) is 60.7 Å². The average Bonchev–Trinajstić information content (AvgIpc) is 3.29. The molecule has 12 heteroatoms. The van der Waals surface area contributed by atoms with Crippen LogP contribution in [0.1, 0.15) is 30.9 Å². The van der Waals surface area contributed by atoms with Crippen LogP contribution in [0.5, 0.6) is 0 Å². The minimum atomic E-state index is -2.97. The zero-order chi connectivity index (χ0) is 26.4. The van der Waals surface area contributed by atoms with Crippen molar-refractivity contribution in [1.82, 2.24) is 9.97 Å². The van der Waals surface area contributed by atoms with E-state index in [9.17, 15) is 27.8 Å². The van der Waals surface area contributed by atoms with Crippen LogP contribution in [0.4, 0.5) is 14.5 Å². The van der Waals surface area contributed by atoms with E-state index in [0.717, 1.165) is 11.3 Å². The second-order valence-electron chi connectivity index (χ2n) is 9.52. The average molecular weight is 570 g/mol. The highest BCUT2D eigenvalue weighted by molar-refractivity contribution is 8.24. The Hall–Kier alpha value is -2.31. The zero-order valence-corrected chi connectivity index (χ0v) is 22.1. The smallest absolute Gasteiger partial charge is 0.307 e. The molecule has 2 aliphatic rings. The summed E-state index contributed by atoms with van der Waals surface area (Å²) in [5.41, 5.74) is 2.64. The number of carboxylic acids is 1. The number of nitrogens with zero attached hydrogens (tertiary/aromatic N) is 3. The van der Waals surface area contributed by atoms with Crippen molar-refractivity contribution in [1.29, 1.82) is 0 Å². The summed E-state index contributed by atoms with van der Waals surface area (Å²) in [5.74, 6) is -5.34. The van der Waals surface area contributed by atoms with Crippen LogP contribution in [0.25, 0.3) is 21.0 Å². The van der Waals surface area contributed by atoms with E-state index < -0.39 is 47.2 Å². The van der Waals surface area contributed by atoms with E-state index in [-0.39, 0.29) is 6.42 Å². The number of rotatable bonds is 5. The Morgan fingerprint density at radius 2 is 1.84 bits per heavy atom. The summed E-state index contributed by atoms with van der Waals surface area (Å²) >= 11 is 7.42. The predicted octanol–water partition coefficient (Wildman–Crippen LogP) is 6.70. The number of carboxylic acid groups (broad SMARTS) is 1. The molecule has 1 aliphatic heterocycles. The van der Waals surface area contributed by atoms with E-state index >= 15 is 0 Å². The number of pyridine rings is 1. The lowest BCUT2D eigenvalue weighted by molar-refractivity contribution is -0.147. The molecule has 2 fully saturated rings. The second-order valence-corrected chi connectivity index (χ2v) is 13.4. The van der Waals surface area contributed by atoms with Crippen LogP contribution in [0.2, 0.25) is 5.02 Å². The van der Waals surface area contributed by atoms with E-state index in [1.807, 2.05) is 24.3 Å². The molecule has 1 aliphatic carbocycles. The summed E-state index contributed by atoms with van der Waals surface area (Å²) in [6, 6.07) is 9.24. The van der Waals surface area contributed by atoms with Crippen LogP contribution < -0.4 is 4.90 Å². The number of benzene rings is 1. The number of hydrogen-bond donors (Lipinski definition) is 3. The molecule has 37 heavy (non-hydrogen) atoms. The lowest BCUT2D eigenvalue weighted by Crippen LogP contribution is -2.38. The molecular weight excluding hydrogens is 544 g/mol. The standard InChI is InChI=1S/C25H26ClF2N3O4S2/c26-17-11-16(13-29-14-17)23-30-21(20-12-25(27,28)6-5-19(20)24(32)33)22(36-23)15-1-3-18(4-2-15)31-7-9-37(34,35)10-8-31/h1-4,11,13-14,19-20,34-35H,5-10,12H2,(H,32,33)/t19-,20-/m1/s1. The first kappa shape index (κ1) is 26.3. The third-order valence-electron chi connectivity index (χ3n) is 6.97. The third-order valence-corrected chi connectivity index (χ3v) is 10.0. The molecule has 1 saturated heterocycles. The second kappa shape index (κ2) is 10.1. The lowest BCUT2D eigenvalue weighted by atomic mass is 9.75. The summed E-state index contributed by atoms with van der Waals surface area (Å²) < 4.78 is 48.8. The highest BCUT2D eigenvalue weighted by atomic mass is 35.5. The molecule has 3 heterocycles. The Morgan fingerprint density at radius 3 is 2.49 bits per heavy atom. The topological polar surface area (TPSA) is 107 Å². The molecule has 1 aromatic carbocycles. The number of anilines is 1. The van der Waals surface area contributed by atoms with Gasteiger partial charge in [-0.25, -0.2) is 13.8 Å². The molecule has 2 aromatic heterocycles. The Bertz CT molecular complexity index is 1300. The maximum atomic E-state index is 14.5. The number of alkyl halides is 2. The number of hydrogen-bond acceptors (Lipinski definition) is 7. The van der Waals surface area contributed by atoms with Gasteiger partial charge in [-0.15, -0.1) is 11.3 Å². The van der Waals surface area contributed by atoms with E-state index in [1.54, 1.807) is 12.3 Å². The molecule has 0 spiro atoms. The van der Waals surface area contributed by atoms with Crippen molar-refractivity contribution in [3.8, 4) is 21.0 Å². The molecule has 3 aromatic rings. The highest BCUT2D eigenvalue weighted by Gasteiger charge is 2.46. The predicted molar refractivity (Wildman–Crippen MR) is 143 cm³/mol. The van der Waals surface area contributed by atoms with Crippen molar-refractivity contribution >= 4 is 45.2 Å². The summed E-state index contributed by atoms with van der Waals surface area (Å²) in [7, 11) is -2.51. The van der Waals surface area contributed by atoms with Crippen molar-refractivity contribution in [2.45, 2.75) is 31.1 Å². The molecular formula is C25H26ClF2N3O4S2. The normalized spacial score (nSPS) is 24.0. The van der Waals surface area contributed by atoms with Gasteiger partial charge in [-0.05, 0) is 30.2 Å². The molecule has 0 unspecified atom stereocenters. The molecule has 1 saturated carbocycles. The minimum Gasteiger partial charge on any atom is -0.481 e. The number of carbonyl (C=O) groups is 1. The van der Waals surface area contributed by atoms with Crippen molar-refractivity contribution in [3.05, 3.63) is 53.4 Å². The fourth-order valence-corrected chi connectivity index (χ4v) is 7.49. The molecule has 3 N–H and O–H groups in total. The molecule has 7 nitrogen and oxygen atoms in total. The Balaban J connectivity index is 1.54. The molecule has 2 atom stereocenters. The first-order chi connectivity index (χ1) is 17.5. The fraction of sp³-hybridized carbons (Fsp3) is 0.400. The first-order valence-electron chi connectivity index (χ1n) is 11.8. The highest BCUT2D eigenvalue weighted by Crippen LogP contribution is 2.50. The van der Waals surface area contributed by atoms with Crippen LogP contribution in [0, 0.1) is 5.92 Å². The van der Waals surface area contributed by atoms with Gasteiger partial charge in [-0.3, -0.25) is 18.9 Å². The van der Waals surface area contributed by atoms with E-state index in [4.69, 9.17) is 16.6 Å². The van der Waals surface area contributed by atoms with Crippen molar-refractivity contribution in [2.75, 3.05) is 29.5 Å². The number of halogens is 3. The Morgan fingerprint density at radius 1 is 1.14 bits per heavy atom. The maximum absolute atomic E-state index is 14.5. The summed E-state index contributed by atoms with van der Waals surface area (Å²) in [6.07, 6.45) is 1.92. The number of aromatic nitrogens is 2. The van der Waals surface area contributed by atoms with Gasteiger partial charge in [0.2, 0.25) is 5.92 Å². The largest absolute Gasteiger partial charge is 0.481 e. The van der Waals surface area contributed by atoms with Gasteiger partial charge < -0.3 is 10.0 Å². The van der Waals surface area contributed by atoms with E-state index in [2.05, 4.69) is 9.88 Å². The Kier molecular flexibility index (Phi) is 7.18. The minimum absolute atomic E-state index is 0.120. The maximum Gasteiger partial charge on any atom is 0.307 e. The van der Waals surface area contributed by atoms with Gasteiger partial charge in [0.15, 0.2) is 0 Å². The fourth-order valence-electron chi connectivity index (χ4n) is 4.97. The van der Waals surface area contributed by atoms with Gasteiger partial charge in [0.1, 0.15) is 5.01 Å². The molecule has 198 valence electrons. The van der Waals surface area contributed by atoms with Gasteiger partial charge in [-0.2, -0.15) is 10.6 Å². The lowest BCUT2D eigenvalue weighted by Gasteiger charge is -2.41. The van der Waals surface area contributed by atoms with Crippen molar-refractivity contribution < 1.29 is 27.8 Å². The third kappa shape index (κ3) is 5.75. The molecule has 5 rings (SSSR count). The molecule has 0 radical (unpaired) electrons. The Labute approximate surface area is 223 Å². The van der Waals surface area contributed by atoms with Crippen LogP contribution >= 0.6 is 33.5 Å². The summed E-state index contributed by atoms with van der Waals surface area (Å²) in [5, 5.41) is 10.8. The van der Waals surface area contributed by atoms with Gasteiger partial charge in [0, 0.05) is 55.5 Å². The van der Waals surface area contributed by atoms with Crippen LogP contribution in [0.15, 0.2) is 42.7 Å². The number of aliphatic carboxylic acids is 1. The molecule has 0 amide bonds. The van der Waals surface area contributed by atoms with Gasteiger partial charge in [0.05, 0.1) is 33.0 Å². The van der Waals surface area contributed by atoms with Crippen molar-refractivity contribution in [3.63, 3.8) is 0 Å². The van der Waals surface area contributed by atoms with Crippen molar-refractivity contribution in [2.24, 2.45) is 5.92 Å². The van der Waals surface area contributed by atoms with Gasteiger partial charge in [0.25, 0.3) is 0 Å².